The van der Waals surface area contributed by atoms with Gasteiger partial charge in [-0.15, -0.1) is 0 Å². The number of nitrogens with one attached hydrogen (secondary N) is 1. The van der Waals surface area contributed by atoms with Gasteiger partial charge >= 0.3 is 0 Å². The Morgan fingerprint density at radius 3 is 2.93 bits per heavy atom. The Hall–Kier alpha value is -2.74. The number of aromatic nitrogens is 1. The van der Waals surface area contributed by atoms with Gasteiger partial charge in [-0.25, -0.2) is 18.8 Å². The van der Waals surface area contributed by atoms with Crippen molar-refractivity contribution in [1.82, 2.24) is 4.98 Å². The fourth-order valence-electron chi connectivity index (χ4n) is 3.37. The number of rotatable bonds is 4. The predicted octanol–water partition coefficient (Wildman–Crippen LogP) is 3.02. The van der Waals surface area contributed by atoms with Gasteiger partial charge < -0.3 is 15.8 Å². The highest BCUT2D eigenvalue weighted by atomic mass is 35.5. The van der Waals surface area contributed by atoms with Crippen LogP contribution in [0.4, 0.5) is 14.5 Å². The fraction of sp³-hybridized carbons (Fsp3) is 0.278. The van der Waals surface area contributed by atoms with E-state index in [2.05, 4.69) is 15.3 Å². The van der Waals surface area contributed by atoms with Gasteiger partial charge in [-0.3, -0.25) is 4.79 Å². The highest BCUT2D eigenvalue weighted by Crippen LogP contribution is 2.53. The van der Waals surface area contributed by atoms with E-state index in [-0.39, 0.29) is 29.3 Å². The summed E-state index contributed by atoms with van der Waals surface area (Å²) < 4.78 is 33.9. The molecular weight excluding hydrogens is 378 g/mol. The lowest BCUT2D eigenvalue weighted by molar-refractivity contribution is 0.102. The maximum absolute atomic E-state index is 14.6. The number of fused-ring (bicyclic) bond motifs is 1. The van der Waals surface area contributed by atoms with Crippen molar-refractivity contribution in [3.05, 3.63) is 58.6 Å². The van der Waals surface area contributed by atoms with Gasteiger partial charge in [0.1, 0.15) is 29.8 Å². The van der Waals surface area contributed by atoms with E-state index in [9.17, 15) is 13.6 Å². The van der Waals surface area contributed by atoms with Gasteiger partial charge in [-0.05, 0) is 36.8 Å². The molecule has 9 heteroatoms. The molecule has 3 N–H and O–H groups in total. The lowest BCUT2D eigenvalue weighted by Gasteiger charge is -2.31. The van der Waals surface area contributed by atoms with Crippen molar-refractivity contribution in [3.8, 4) is 0 Å². The normalized spacial score (nSPS) is 25.8. The van der Waals surface area contributed by atoms with Crippen LogP contribution in [0.15, 0.2) is 41.5 Å². The van der Waals surface area contributed by atoms with E-state index in [1.165, 1.54) is 30.5 Å². The topological polar surface area (TPSA) is 89.6 Å². The monoisotopic (exact) mass is 392 g/mol. The second kappa shape index (κ2) is 6.45. The van der Waals surface area contributed by atoms with Crippen molar-refractivity contribution in [1.29, 1.82) is 0 Å². The third-order valence-electron chi connectivity index (χ3n) is 4.78. The quantitative estimate of drug-likeness (QED) is 0.837. The highest BCUT2D eigenvalue weighted by Gasteiger charge is 2.60. The SMILES string of the molecule is NC1=N[C@](CF)(c2cc(NC(=O)c3ccc(Cl)cn3)ccc2F)C2C[C@H]2O1. The Morgan fingerprint density at radius 1 is 1.41 bits per heavy atom. The molecule has 0 bridgehead atoms. The van der Waals surface area contributed by atoms with E-state index in [1.807, 2.05) is 0 Å². The number of pyridine rings is 1. The van der Waals surface area contributed by atoms with Crippen molar-refractivity contribution in [2.45, 2.75) is 18.1 Å². The lowest BCUT2D eigenvalue weighted by atomic mass is 9.85. The maximum Gasteiger partial charge on any atom is 0.283 e. The second-order valence-corrected chi connectivity index (χ2v) is 6.95. The third kappa shape index (κ3) is 3.10. The molecule has 0 radical (unpaired) electrons. The van der Waals surface area contributed by atoms with Crippen molar-refractivity contribution < 1.29 is 18.3 Å². The van der Waals surface area contributed by atoms with E-state index in [0.717, 1.165) is 6.07 Å². The number of hydrogen-bond acceptors (Lipinski definition) is 5. The third-order valence-corrected chi connectivity index (χ3v) is 5.01. The van der Waals surface area contributed by atoms with Crippen LogP contribution < -0.4 is 11.1 Å². The molecule has 1 saturated carbocycles. The molecule has 1 unspecified atom stereocenters. The number of halogens is 3. The first kappa shape index (κ1) is 17.7. The predicted molar refractivity (Wildman–Crippen MR) is 95.9 cm³/mol. The molecule has 1 aliphatic carbocycles. The number of amidine groups is 1. The number of nitrogens with two attached hydrogens (primary N) is 1. The van der Waals surface area contributed by atoms with Crippen molar-refractivity contribution >= 4 is 29.2 Å². The van der Waals surface area contributed by atoms with E-state index in [4.69, 9.17) is 22.1 Å². The number of alkyl halides is 1. The molecule has 1 aromatic heterocycles. The summed E-state index contributed by atoms with van der Waals surface area (Å²) in [5.74, 6) is -1.43. The number of carbonyl (C=O) groups is 1. The number of anilines is 1. The van der Waals surface area contributed by atoms with Gasteiger partial charge in [0.2, 0.25) is 0 Å². The van der Waals surface area contributed by atoms with E-state index in [0.29, 0.717) is 17.1 Å². The first-order valence-corrected chi connectivity index (χ1v) is 8.61. The molecule has 1 aromatic carbocycles. The zero-order valence-electron chi connectivity index (χ0n) is 14.0. The van der Waals surface area contributed by atoms with Gasteiger partial charge in [0.25, 0.3) is 11.9 Å². The number of aliphatic imine (C=N–C) groups is 1. The van der Waals surface area contributed by atoms with Crippen LogP contribution in [0.1, 0.15) is 22.5 Å². The van der Waals surface area contributed by atoms with Crippen LogP contribution in [-0.2, 0) is 10.3 Å². The summed E-state index contributed by atoms with van der Waals surface area (Å²) in [6, 6.07) is 6.75. The van der Waals surface area contributed by atoms with Crippen LogP contribution in [-0.4, -0.2) is 29.7 Å². The summed E-state index contributed by atoms with van der Waals surface area (Å²) in [5, 5.41) is 3.02. The molecule has 2 aliphatic rings. The van der Waals surface area contributed by atoms with Crippen molar-refractivity contribution in [2.75, 3.05) is 12.0 Å². The number of carbonyl (C=O) groups excluding carboxylic acids is 1. The lowest BCUT2D eigenvalue weighted by Crippen LogP contribution is -2.39. The Labute approximate surface area is 158 Å². The molecule has 6 nitrogen and oxygen atoms in total. The standard InChI is InChI=1S/C18H15ClF2N4O2/c19-9-1-4-14(23-7-9)16(26)24-10-2-3-13(21)11(5-10)18(8-20)12-6-15(12)27-17(22)25-18/h1-5,7,12,15H,6,8H2,(H2,22,25)(H,24,26)/t12?,15-,18-/m1/s1. The Morgan fingerprint density at radius 2 is 2.22 bits per heavy atom. The minimum atomic E-state index is -1.45. The average Bonchev–Trinajstić information content (AvgIpc) is 3.43. The van der Waals surface area contributed by atoms with Crippen LogP contribution in [0.3, 0.4) is 0 Å². The second-order valence-electron chi connectivity index (χ2n) is 6.52. The van der Waals surface area contributed by atoms with Gasteiger partial charge in [0.05, 0.1) is 5.02 Å². The molecule has 27 heavy (non-hydrogen) atoms. The summed E-state index contributed by atoms with van der Waals surface area (Å²) >= 11 is 5.76. The van der Waals surface area contributed by atoms with Crippen molar-refractivity contribution in [2.24, 2.45) is 16.6 Å². The Bertz CT molecular complexity index is 937. The summed E-state index contributed by atoms with van der Waals surface area (Å²) in [6.45, 7) is -0.925. The van der Waals surface area contributed by atoms with Crippen molar-refractivity contribution in [3.63, 3.8) is 0 Å². The van der Waals surface area contributed by atoms with Crippen LogP contribution in [0.5, 0.6) is 0 Å². The molecule has 0 saturated heterocycles. The van der Waals surface area contributed by atoms with Crippen LogP contribution in [0.25, 0.3) is 0 Å². The number of benzene rings is 1. The van der Waals surface area contributed by atoms with E-state index >= 15 is 0 Å². The van der Waals surface area contributed by atoms with E-state index in [1.54, 1.807) is 0 Å². The smallest absolute Gasteiger partial charge is 0.283 e. The van der Waals surface area contributed by atoms with E-state index < -0.39 is 23.9 Å². The molecular formula is C18H15ClF2N4O2. The molecule has 4 rings (SSSR count). The summed E-state index contributed by atoms with van der Waals surface area (Å²) in [5.41, 5.74) is 4.66. The first-order valence-electron chi connectivity index (χ1n) is 8.24. The first-order chi connectivity index (χ1) is 12.9. The van der Waals surface area contributed by atoms with Gasteiger partial charge in [-0.2, -0.15) is 0 Å². The zero-order valence-corrected chi connectivity index (χ0v) is 14.7. The summed E-state index contributed by atoms with van der Waals surface area (Å²) in [7, 11) is 0. The minimum absolute atomic E-state index is 0.0330. The molecule has 140 valence electrons. The molecule has 2 heterocycles. The molecule has 1 aliphatic heterocycles. The summed E-state index contributed by atoms with van der Waals surface area (Å²) in [6.07, 6.45) is 1.62. The number of nitrogens with zero attached hydrogens (tertiary/aromatic N) is 2. The Kier molecular flexibility index (Phi) is 4.22. The fourth-order valence-corrected chi connectivity index (χ4v) is 3.48. The number of amides is 1. The number of ether oxygens (including phenoxy) is 1. The van der Waals surface area contributed by atoms with Gasteiger partial charge in [0, 0.05) is 23.4 Å². The molecule has 3 atom stereocenters. The molecule has 0 spiro atoms. The maximum atomic E-state index is 14.6. The molecule has 1 amide bonds. The average molecular weight is 393 g/mol. The summed E-state index contributed by atoms with van der Waals surface area (Å²) in [4.78, 5) is 20.3. The van der Waals surface area contributed by atoms with Crippen LogP contribution in [0.2, 0.25) is 5.02 Å². The largest absolute Gasteiger partial charge is 0.462 e. The molecule has 1 fully saturated rings. The van der Waals surface area contributed by atoms with Crippen LogP contribution >= 0.6 is 11.6 Å². The number of hydrogen-bond donors (Lipinski definition) is 2. The van der Waals surface area contributed by atoms with Crippen LogP contribution in [0, 0.1) is 11.7 Å². The zero-order chi connectivity index (χ0) is 19.2. The molecule has 2 aromatic rings. The van der Waals surface area contributed by atoms with Gasteiger partial charge in [0.15, 0.2) is 0 Å². The Balaban J connectivity index is 1.66. The van der Waals surface area contributed by atoms with Gasteiger partial charge in [-0.1, -0.05) is 11.6 Å². The highest BCUT2D eigenvalue weighted by molar-refractivity contribution is 6.30. The minimum Gasteiger partial charge on any atom is -0.462 e.